The topological polar surface area (TPSA) is 62.3 Å². The molecule has 0 unspecified atom stereocenters. The highest BCUT2D eigenvalue weighted by molar-refractivity contribution is 7.96. The lowest BCUT2D eigenvalue weighted by Crippen LogP contribution is -2.21. The van der Waals surface area contributed by atoms with E-state index in [1.165, 1.54) is 11.3 Å². The number of likely N-dealkylation sites (N-methyl/N-ethyl adjacent to an activating group) is 1. The van der Waals surface area contributed by atoms with Crippen molar-refractivity contribution in [2.45, 2.75) is 11.8 Å². The van der Waals surface area contributed by atoms with Gasteiger partial charge in [-0.3, -0.25) is 0 Å². The molecule has 0 fully saturated rings. The molecule has 1 N–H and O–H groups in total. The molecule has 7 heteroatoms. The smallest absolute Gasteiger partial charge is 0.217 e. The molecule has 0 amide bonds. The Morgan fingerprint density at radius 2 is 2.12 bits per heavy atom. The fourth-order valence-electron chi connectivity index (χ4n) is 2.77. The van der Waals surface area contributed by atoms with Crippen molar-refractivity contribution in [1.29, 1.82) is 0 Å². The third kappa shape index (κ3) is 3.21. The Kier molecular flexibility index (Phi) is 4.95. The molecule has 130 valence electrons. The molecule has 1 aromatic heterocycles. The van der Waals surface area contributed by atoms with E-state index in [1.807, 2.05) is 36.5 Å². The van der Waals surface area contributed by atoms with Crippen LogP contribution in [-0.4, -0.2) is 45.5 Å². The molecule has 0 saturated heterocycles. The van der Waals surface area contributed by atoms with E-state index in [0.29, 0.717) is 34.0 Å². The summed E-state index contributed by atoms with van der Waals surface area (Å²) in [6.45, 7) is 3.10. The first-order valence-corrected chi connectivity index (χ1v) is 10.2. The molecule has 1 aliphatic heterocycles. The summed E-state index contributed by atoms with van der Waals surface area (Å²) in [5.41, 5.74) is 4.22. The van der Waals surface area contributed by atoms with Crippen molar-refractivity contribution in [2.24, 2.45) is 0 Å². The molecule has 0 saturated carbocycles. The molecule has 0 radical (unpaired) electrons. The number of sulfone groups is 1. The molecular weight excluding hydrogens is 354 g/mol. The Hall–Kier alpha value is -2.14. The number of fused-ring (bicyclic) bond motifs is 1. The van der Waals surface area contributed by atoms with Crippen LogP contribution < -0.4 is 5.32 Å². The van der Waals surface area contributed by atoms with Crippen LogP contribution in [0.2, 0.25) is 0 Å². The Morgan fingerprint density at radius 3 is 2.76 bits per heavy atom. The zero-order valence-corrected chi connectivity index (χ0v) is 16.0. The number of benzene rings is 1. The molecule has 0 bridgehead atoms. The van der Waals surface area contributed by atoms with Crippen LogP contribution in [0, 0.1) is 11.8 Å². The van der Waals surface area contributed by atoms with Crippen molar-refractivity contribution in [3.63, 3.8) is 0 Å². The Balaban J connectivity index is 2.15. The van der Waals surface area contributed by atoms with Crippen molar-refractivity contribution in [2.75, 3.05) is 32.5 Å². The summed E-state index contributed by atoms with van der Waals surface area (Å²) in [4.78, 5) is 6.79. The van der Waals surface area contributed by atoms with Crippen LogP contribution >= 0.6 is 11.3 Å². The molecule has 1 aliphatic rings. The first-order valence-electron chi connectivity index (χ1n) is 7.79. The summed E-state index contributed by atoms with van der Waals surface area (Å²) in [5, 5.41) is 5.10. The molecule has 2 aromatic rings. The van der Waals surface area contributed by atoms with Crippen LogP contribution in [0.3, 0.4) is 0 Å². The summed E-state index contributed by atoms with van der Waals surface area (Å²) < 4.78 is 26.3. The van der Waals surface area contributed by atoms with Crippen LogP contribution in [-0.2, 0) is 9.84 Å². The van der Waals surface area contributed by atoms with Crippen molar-refractivity contribution in [3.8, 4) is 11.8 Å². The maximum absolute atomic E-state index is 13.2. The normalized spacial score (nSPS) is 15.0. The second-order valence-corrected chi connectivity index (χ2v) is 8.41. The number of anilines is 1. The van der Waals surface area contributed by atoms with E-state index < -0.39 is 9.84 Å². The predicted octanol–water partition coefficient (Wildman–Crippen LogP) is 2.69. The predicted molar refractivity (Wildman–Crippen MR) is 102 cm³/mol. The van der Waals surface area contributed by atoms with Gasteiger partial charge in [0, 0.05) is 29.6 Å². The molecule has 0 aliphatic carbocycles. The van der Waals surface area contributed by atoms with E-state index in [9.17, 15) is 8.42 Å². The highest BCUT2D eigenvalue weighted by Crippen LogP contribution is 2.45. The van der Waals surface area contributed by atoms with Crippen molar-refractivity contribution < 1.29 is 8.42 Å². The van der Waals surface area contributed by atoms with E-state index in [1.54, 1.807) is 18.5 Å². The second-order valence-electron chi connectivity index (χ2n) is 5.87. The number of hydrogen-bond donors (Lipinski definition) is 1. The molecule has 1 aromatic carbocycles. The zero-order chi connectivity index (χ0) is 18.0. The lowest BCUT2D eigenvalue weighted by molar-refractivity contribution is 0.425. The van der Waals surface area contributed by atoms with Gasteiger partial charge in [-0.1, -0.05) is 18.1 Å². The summed E-state index contributed by atoms with van der Waals surface area (Å²) in [6, 6.07) is 5.48. The third-order valence-electron chi connectivity index (χ3n) is 3.85. The highest BCUT2D eigenvalue weighted by atomic mass is 32.2. The van der Waals surface area contributed by atoms with Crippen LogP contribution in [0.1, 0.15) is 18.2 Å². The van der Waals surface area contributed by atoms with Crippen LogP contribution in [0.15, 0.2) is 38.9 Å². The Bertz CT molecular complexity index is 979. The molecule has 2 heterocycles. The lowest BCUT2D eigenvalue weighted by atomic mass is 10.0. The van der Waals surface area contributed by atoms with E-state index in [-0.39, 0.29) is 4.91 Å². The second kappa shape index (κ2) is 7.00. The van der Waals surface area contributed by atoms with Gasteiger partial charge in [0.05, 0.1) is 16.9 Å². The third-order valence-corrected chi connectivity index (χ3v) is 6.26. The molecular formula is C18H19N3O2S2. The van der Waals surface area contributed by atoms with E-state index >= 15 is 0 Å². The van der Waals surface area contributed by atoms with Crippen LogP contribution in [0.5, 0.6) is 0 Å². The standard InChI is InChI=1S/C18H19N3O2S2/c1-4-6-16-17(15-11-24-12-20-15)13-7-5-8-14(18(13)25(16,22)23)19-9-10-21(2)3/h5,7-8,11-12,19H,9-10H2,1-3H3. The minimum atomic E-state index is -3.67. The summed E-state index contributed by atoms with van der Waals surface area (Å²) in [7, 11) is 0.283. The fraction of sp³-hybridized carbons (Fsp3) is 0.278. The van der Waals surface area contributed by atoms with Gasteiger partial charge < -0.3 is 10.2 Å². The Morgan fingerprint density at radius 1 is 1.32 bits per heavy atom. The number of nitrogens with one attached hydrogen (secondary N) is 1. The minimum Gasteiger partial charge on any atom is -0.383 e. The lowest BCUT2D eigenvalue weighted by Gasteiger charge is -2.14. The van der Waals surface area contributed by atoms with Gasteiger partial charge in [0.1, 0.15) is 9.80 Å². The average Bonchev–Trinajstić information content (AvgIpc) is 3.14. The van der Waals surface area contributed by atoms with Crippen molar-refractivity contribution in [3.05, 3.63) is 45.3 Å². The summed E-state index contributed by atoms with van der Waals surface area (Å²) in [6.07, 6.45) is 0. The number of nitrogens with zero attached hydrogens (tertiary/aromatic N) is 2. The number of rotatable bonds is 5. The Labute approximate surface area is 152 Å². The van der Waals surface area contributed by atoms with Gasteiger partial charge in [0.25, 0.3) is 0 Å². The maximum Gasteiger partial charge on any atom is 0.217 e. The van der Waals surface area contributed by atoms with Gasteiger partial charge in [-0.05, 0) is 27.1 Å². The van der Waals surface area contributed by atoms with Gasteiger partial charge in [-0.25, -0.2) is 13.4 Å². The zero-order valence-electron chi connectivity index (χ0n) is 14.3. The van der Waals surface area contributed by atoms with E-state index in [2.05, 4.69) is 22.1 Å². The van der Waals surface area contributed by atoms with Gasteiger partial charge in [0.15, 0.2) is 0 Å². The van der Waals surface area contributed by atoms with Gasteiger partial charge in [-0.2, -0.15) is 0 Å². The number of allylic oxidation sites excluding steroid dienone is 1. The first-order chi connectivity index (χ1) is 12.0. The largest absolute Gasteiger partial charge is 0.383 e. The van der Waals surface area contributed by atoms with Gasteiger partial charge >= 0.3 is 0 Å². The van der Waals surface area contributed by atoms with Crippen LogP contribution in [0.25, 0.3) is 5.57 Å². The number of aromatic nitrogens is 1. The number of hydrogen-bond acceptors (Lipinski definition) is 6. The highest BCUT2D eigenvalue weighted by Gasteiger charge is 2.38. The van der Waals surface area contributed by atoms with Gasteiger partial charge in [0.2, 0.25) is 9.84 Å². The fourth-order valence-corrected chi connectivity index (χ4v) is 5.13. The van der Waals surface area contributed by atoms with Crippen LogP contribution in [0.4, 0.5) is 5.69 Å². The monoisotopic (exact) mass is 373 g/mol. The number of thiazole rings is 1. The van der Waals surface area contributed by atoms with E-state index in [4.69, 9.17) is 0 Å². The first kappa shape index (κ1) is 17.7. The summed E-state index contributed by atoms with van der Waals surface area (Å²) in [5.74, 6) is 5.52. The van der Waals surface area contributed by atoms with Gasteiger partial charge in [-0.15, -0.1) is 17.3 Å². The molecule has 3 rings (SSSR count). The molecule has 25 heavy (non-hydrogen) atoms. The molecule has 0 spiro atoms. The molecule has 5 nitrogen and oxygen atoms in total. The minimum absolute atomic E-state index is 0.137. The van der Waals surface area contributed by atoms with Crippen molar-refractivity contribution >= 4 is 32.4 Å². The van der Waals surface area contributed by atoms with Crippen molar-refractivity contribution in [1.82, 2.24) is 9.88 Å². The quantitative estimate of drug-likeness (QED) is 0.817. The SMILES string of the molecule is CC#CC1=C(c2cscn2)c2cccc(NCCN(C)C)c2S1(=O)=O. The molecule has 0 atom stereocenters. The maximum atomic E-state index is 13.2. The average molecular weight is 374 g/mol. The summed E-state index contributed by atoms with van der Waals surface area (Å²) >= 11 is 1.43. The van der Waals surface area contributed by atoms with E-state index in [0.717, 1.165) is 6.54 Å².